The molecular formula is C16H13F3NO2S+. The highest BCUT2D eigenvalue weighted by molar-refractivity contribution is 7.16. The van der Waals surface area contributed by atoms with E-state index in [-0.39, 0.29) is 16.2 Å². The molecular weight excluding hydrogens is 327 g/mol. The van der Waals surface area contributed by atoms with E-state index in [0.717, 1.165) is 11.3 Å². The Bertz CT molecular complexity index is 887. The summed E-state index contributed by atoms with van der Waals surface area (Å²) in [6.45, 7) is 0. The van der Waals surface area contributed by atoms with Gasteiger partial charge in [-0.2, -0.15) is 17.7 Å². The van der Waals surface area contributed by atoms with Crippen LogP contribution in [-0.2, 0) is 13.2 Å². The zero-order valence-corrected chi connectivity index (χ0v) is 13.1. The maximum Gasteiger partial charge on any atom is 0.420 e. The minimum Gasteiger partial charge on any atom is -0.496 e. The number of benzene rings is 2. The predicted molar refractivity (Wildman–Crippen MR) is 81.7 cm³/mol. The average Bonchev–Trinajstić information content (AvgIpc) is 2.82. The minimum atomic E-state index is -4.52. The summed E-state index contributed by atoms with van der Waals surface area (Å²) in [7, 11) is 2.95. The number of alkyl halides is 3. The van der Waals surface area contributed by atoms with E-state index in [1.54, 1.807) is 29.8 Å². The summed E-state index contributed by atoms with van der Waals surface area (Å²) in [5.41, 5.74) is -0.161. The normalized spacial score (nSPS) is 11.9. The second-order valence-corrected chi connectivity index (χ2v) is 6.04. The highest BCUT2D eigenvalue weighted by atomic mass is 32.1. The van der Waals surface area contributed by atoms with Crippen LogP contribution in [0.1, 0.15) is 5.56 Å². The third-order valence-electron chi connectivity index (χ3n) is 3.58. The molecule has 3 nitrogen and oxygen atoms in total. The molecule has 0 radical (unpaired) electrons. The zero-order valence-electron chi connectivity index (χ0n) is 12.3. The van der Waals surface area contributed by atoms with E-state index in [9.17, 15) is 18.3 Å². The molecule has 0 fully saturated rings. The fourth-order valence-corrected chi connectivity index (χ4v) is 3.55. The number of thiazole rings is 1. The first-order valence-corrected chi connectivity index (χ1v) is 7.50. The number of aryl methyl sites for hydroxylation is 1. The average molecular weight is 340 g/mol. The van der Waals surface area contributed by atoms with E-state index in [2.05, 4.69) is 0 Å². The minimum absolute atomic E-state index is 0.0715. The fourth-order valence-electron chi connectivity index (χ4n) is 2.65. The van der Waals surface area contributed by atoms with Crippen molar-refractivity contribution in [1.29, 1.82) is 0 Å². The highest BCUT2D eigenvalue weighted by Gasteiger charge is 2.37. The molecule has 0 aliphatic heterocycles. The summed E-state index contributed by atoms with van der Waals surface area (Å²) < 4.78 is 47.0. The maximum absolute atomic E-state index is 13.5. The van der Waals surface area contributed by atoms with Gasteiger partial charge in [0.15, 0.2) is 0 Å². The quantitative estimate of drug-likeness (QED) is 0.712. The summed E-state index contributed by atoms with van der Waals surface area (Å²) >= 11 is 1.11. The molecule has 3 rings (SSSR count). The summed E-state index contributed by atoms with van der Waals surface area (Å²) in [6, 6.07) is 7.67. The van der Waals surface area contributed by atoms with E-state index in [1.165, 1.54) is 25.4 Å². The topological polar surface area (TPSA) is 33.3 Å². The van der Waals surface area contributed by atoms with E-state index >= 15 is 0 Å². The van der Waals surface area contributed by atoms with Gasteiger partial charge < -0.3 is 9.84 Å². The Morgan fingerprint density at radius 3 is 2.43 bits per heavy atom. The van der Waals surface area contributed by atoms with Crippen LogP contribution in [0.5, 0.6) is 10.8 Å². The molecule has 0 saturated heterocycles. The molecule has 0 atom stereocenters. The molecule has 3 aromatic rings. The van der Waals surface area contributed by atoms with Gasteiger partial charge in [-0.15, -0.1) is 0 Å². The van der Waals surface area contributed by atoms with Gasteiger partial charge in [-0.1, -0.05) is 12.1 Å². The molecule has 120 valence electrons. The smallest absolute Gasteiger partial charge is 0.420 e. The largest absolute Gasteiger partial charge is 0.496 e. The van der Waals surface area contributed by atoms with Crippen LogP contribution in [0.25, 0.3) is 21.3 Å². The number of aromatic hydroxyl groups is 1. The number of fused-ring (bicyclic) bond motifs is 1. The maximum atomic E-state index is 13.5. The van der Waals surface area contributed by atoms with E-state index in [1.807, 2.05) is 0 Å². The van der Waals surface area contributed by atoms with Crippen LogP contribution in [0, 0.1) is 0 Å². The number of aromatic nitrogens is 1. The molecule has 1 heterocycles. The molecule has 23 heavy (non-hydrogen) atoms. The van der Waals surface area contributed by atoms with Gasteiger partial charge in [0.2, 0.25) is 11.3 Å². The summed E-state index contributed by atoms with van der Waals surface area (Å²) in [4.78, 5) is 0. The van der Waals surface area contributed by atoms with E-state index in [4.69, 9.17) is 4.74 Å². The Labute approximate surface area is 134 Å². The Kier molecular flexibility index (Phi) is 3.68. The standard InChI is InChI=1S/C16H12F3NO2S/c1-20-8-13(21)23-15(20)11-5-3-4-10-9(11)6-7-12(22-2)14(10)16(17,18)19/h3-8H,1-2H3/p+1. The van der Waals surface area contributed by atoms with Gasteiger partial charge in [-0.05, 0) is 40.3 Å². The van der Waals surface area contributed by atoms with Crippen LogP contribution < -0.4 is 9.30 Å². The van der Waals surface area contributed by atoms with Crippen LogP contribution in [0.15, 0.2) is 36.5 Å². The number of hydrogen-bond acceptors (Lipinski definition) is 3. The second-order valence-electron chi connectivity index (χ2n) is 5.03. The van der Waals surface area contributed by atoms with Crippen molar-refractivity contribution in [2.24, 2.45) is 7.05 Å². The molecule has 0 aliphatic carbocycles. The van der Waals surface area contributed by atoms with Gasteiger partial charge in [-0.25, -0.2) is 0 Å². The third-order valence-corrected chi connectivity index (χ3v) is 4.60. The molecule has 7 heteroatoms. The van der Waals surface area contributed by atoms with Crippen molar-refractivity contribution < 1.29 is 27.6 Å². The zero-order chi connectivity index (χ0) is 16.8. The number of rotatable bonds is 2. The van der Waals surface area contributed by atoms with E-state index in [0.29, 0.717) is 16.0 Å². The van der Waals surface area contributed by atoms with Crippen molar-refractivity contribution >= 4 is 22.1 Å². The van der Waals surface area contributed by atoms with Crippen LogP contribution in [0.2, 0.25) is 0 Å². The van der Waals surface area contributed by atoms with Crippen LogP contribution in [-0.4, -0.2) is 12.2 Å². The SMILES string of the molecule is COc1ccc2c(-c3sc(O)c[n+]3C)cccc2c1C(F)(F)F. The second kappa shape index (κ2) is 5.42. The number of halogens is 3. The number of nitrogens with zero attached hydrogens (tertiary/aromatic N) is 1. The summed E-state index contributed by atoms with van der Waals surface area (Å²) in [5.74, 6) is -0.208. The summed E-state index contributed by atoms with van der Waals surface area (Å²) in [6.07, 6.45) is -3.00. The first-order valence-electron chi connectivity index (χ1n) is 6.68. The van der Waals surface area contributed by atoms with Gasteiger partial charge in [0.25, 0.3) is 5.01 Å². The lowest BCUT2D eigenvalue weighted by molar-refractivity contribution is -0.656. The Balaban J connectivity index is 2.38. The third kappa shape index (κ3) is 2.61. The fraction of sp³-hybridized carbons (Fsp3) is 0.188. The number of methoxy groups -OCH3 is 1. The molecule has 2 aromatic carbocycles. The van der Waals surface area contributed by atoms with Gasteiger partial charge in [0.05, 0.1) is 12.7 Å². The number of ether oxygens (including phenoxy) is 1. The van der Waals surface area contributed by atoms with Crippen molar-refractivity contribution in [1.82, 2.24) is 0 Å². The van der Waals surface area contributed by atoms with Gasteiger partial charge in [-0.3, -0.25) is 0 Å². The first kappa shape index (κ1) is 15.6. The lowest BCUT2D eigenvalue weighted by atomic mass is 9.99. The molecule has 0 aliphatic rings. The molecule has 0 unspecified atom stereocenters. The number of hydrogen-bond donors (Lipinski definition) is 1. The molecule has 1 aromatic heterocycles. The van der Waals surface area contributed by atoms with Crippen molar-refractivity contribution in [2.45, 2.75) is 6.18 Å². The lowest BCUT2D eigenvalue weighted by Crippen LogP contribution is -2.26. The van der Waals surface area contributed by atoms with Gasteiger partial charge in [0, 0.05) is 0 Å². The van der Waals surface area contributed by atoms with Crippen molar-refractivity contribution in [2.75, 3.05) is 7.11 Å². The van der Waals surface area contributed by atoms with Crippen molar-refractivity contribution in [3.8, 4) is 21.4 Å². The molecule has 1 N–H and O–H groups in total. The van der Waals surface area contributed by atoms with Crippen molar-refractivity contribution in [3.63, 3.8) is 0 Å². The lowest BCUT2D eigenvalue weighted by Gasteiger charge is -2.15. The summed E-state index contributed by atoms with van der Waals surface area (Å²) in [5, 5.41) is 10.9. The Hall–Kier alpha value is -2.28. The van der Waals surface area contributed by atoms with Crippen molar-refractivity contribution in [3.05, 3.63) is 42.1 Å². The van der Waals surface area contributed by atoms with Crippen LogP contribution >= 0.6 is 11.3 Å². The highest BCUT2D eigenvalue weighted by Crippen LogP contribution is 2.43. The van der Waals surface area contributed by atoms with Gasteiger partial charge in [0.1, 0.15) is 18.4 Å². The molecule has 0 bridgehead atoms. The first-order chi connectivity index (χ1) is 10.8. The molecule has 0 spiro atoms. The monoisotopic (exact) mass is 340 g/mol. The van der Waals surface area contributed by atoms with Crippen LogP contribution in [0.3, 0.4) is 0 Å². The molecule has 0 amide bonds. The van der Waals surface area contributed by atoms with Crippen LogP contribution in [0.4, 0.5) is 13.2 Å². The molecule has 0 saturated carbocycles. The predicted octanol–water partition coefficient (Wildman–Crippen LogP) is 4.13. The Morgan fingerprint density at radius 1 is 1.13 bits per heavy atom. The van der Waals surface area contributed by atoms with E-state index < -0.39 is 11.7 Å². The van der Waals surface area contributed by atoms with Gasteiger partial charge >= 0.3 is 6.18 Å². The Morgan fingerprint density at radius 2 is 1.87 bits per heavy atom.